The number of hydrogen-bond acceptors (Lipinski definition) is 8. The van der Waals surface area contributed by atoms with Crippen LogP contribution in [-0.4, -0.2) is 51.7 Å². The molecular weight excluding hydrogens is 527 g/mol. The summed E-state index contributed by atoms with van der Waals surface area (Å²) in [4.78, 5) is 67.0. The van der Waals surface area contributed by atoms with E-state index in [1.165, 1.54) is 24.8 Å². The Morgan fingerprint density at radius 2 is 1.97 bits per heavy atom. The van der Waals surface area contributed by atoms with Gasteiger partial charge in [0.1, 0.15) is 29.4 Å². The van der Waals surface area contributed by atoms with Gasteiger partial charge >= 0.3 is 5.97 Å². The average molecular weight is 563 g/mol. The van der Waals surface area contributed by atoms with E-state index >= 15 is 0 Å². The van der Waals surface area contributed by atoms with Crippen molar-refractivity contribution in [3.63, 3.8) is 0 Å². The second kappa shape index (κ2) is 15.8. The number of esters is 1. The quantitative estimate of drug-likeness (QED) is 0.199. The third kappa shape index (κ3) is 10.3. The number of pyridine rings is 1. The summed E-state index contributed by atoms with van der Waals surface area (Å²) in [5.41, 5.74) is -0.457. The lowest BCUT2D eigenvalue weighted by atomic mass is 10.0. The molecule has 1 aromatic heterocycles. The van der Waals surface area contributed by atoms with E-state index < -0.39 is 41.7 Å². The van der Waals surface area contributed by atoms with Crippen molar-refractivity contribution < 1.29 is 33.1 Å². The Balaban J connectivity index is 2.32. The molecule has 10 nitrogen and oxygen atoms in total. The molecule has 39 heavy (non-hydrogen) atoms. The van der Waals surface area contributed by atoms with Gasteiger partial charge in [0.15, 0.2) is 5.12 Å². The Morgan fingerprint density at radius 3 is 2.64 bits per heavy atom. The number of allylic oxidation sites excluding steroid dienone is 2. The highest BCUT2D eigenvalue weighted by Gasteiger charge is 2.30. The van der Waals surface area contributed by atoms with Crippen molar-refractivity contribution in [2.24, 2.45) is 5.92 Å². The first-order valence-corrected chi connectivity index (χ1v) is 13.8. The highest BCUT2D eigenvalue weighted by molar-refractivity contribution is 8.13. The molecule has 0 saturated carbocycles. The van der Waals surface area contributed by atoms with Gasteiger partial charge < -0.3 is 20.7 Å². The topological polar surface area (TPSA) is 144 Å². The van der Waals surface area contributed by atoms with Crippen LogP contribution in [0.3, 0.4) is 0 Å². The number of nitrogens with zero attached hydrogens (tertiary/aromatic N) is 1. The Kier molecular flexibility index (Phi) is 12.8. The predicted octanol–water partition coefficient (Wildman–Crippen LogP) is 2.93. The van der Waals surface area contributed by atoms with Crippen LogP contribution in [0.5, 0.6) is 0 Å². The lowest BCUT2D eigenvalue weighted by Crippen LogP contribution is -2.48. The molecule has 3 amide bonds. The minimum absolute atomic E-state index is 0.0959. The molecule has 0 saturated heterocycles. The van der Waals surface area contributed by atoms with E-state index in [9.17, 15) is 28.4 Å². The number of aromatic nitrogens is 1. The number of halogens is 1. The number of fused-ring (bicyclic) bond motifs is 2. The second-order valence-electron chi connectivity index (χ2n) is 9.12. The molecule has 0 aromatic carbocycles. The van der Waals surface area contributed by atoms with Crippen molar-refractivity contribution in [1.82, 2.24) is 20.9 Å². The number of cyclic esters (lactones) is 1. The number of nitrogens with one attached hydrogen (secondary N) is 3. The molecule has 2 atom stereocenters. The van der Waals surface area contributed by atoms with E-state index in [-0.39, 0.29) is 41.1 Å². The van der Waals surface area contributed by atoms with Crippen LogP contribution in [0, 0.1) is 11.7 Å². The minimum atomic E-state index is -1.08. The zero-order valence-electron chi connectivity index (χ0n) is 22.5. The molecule has 0 radical (unpaired) electrons. The van der Waals surface area contributed by atoms with Crippen molar-refractivity contribution in [3.05, 3.63) is 53.3 Å². The summed E-state index contributed by atoms with van der Waals surface area (Å²) in [6.07, 6.45) is 5.15. The summed E-state index contributed by atoms with van der Waals surface area (Å²) >= 11 is 1.21. The first-order valence-electron chi connectivity index (χ1n) is 12.8. The molecule has 1 aliphatic heterocycles. The third-order valence-electron chi connectivity index (χ3n) is 5.60. The standard InChI is InChI=1S/C27H35FN4O6S/c1-5-9-23(34)39-13-8-7-10-17-14-22(33)29-15-21-18(28)11-12-20(30-21)26(36)31-19(6-2)25(35)32-24(16(3)4)27(37)38-17/h6-7,10-12,16-17,24H,5,8-9,13-15H2,1-4H3,(H,29,33)(H,31,36)(H,32,35)/b10-7+,19-6-/t17?,24-/m0/s1. The average Bonchev–Trinajstić information content (AvgIpc) is 2.88. The lowest BCUT2D eigenvalue weighted by molar-refractivity contribution is -0.153. The zero-order chi connectivity index (χ0) is 28.9. The molecule has 3 N–H and O–H groups in total. The van der Waals surface area contributed by atoms with Crippen LogP contribution < -0.4 is 16.0 Å². The van der Waals surface area contributed by atoms with E-state index in [4.69, 9.17) is 4.74 Å². The van der Waals surface area contributed by atoms with E-state index in [1.807, 2.05) is 6.92 Å². The summed E-state index contributed by atoms with van der Waals surface area (Å²) in [7, 11) is 0. The Hall–Kier alpha value is -3.54. The molecule has 1 aliphatic rings. The van der Waals surface area contributed by atoms with Gasteiger partial charge in [0, 0.05) is 12.2 Å². The second-order valence-corrected chi connectivity index (χ2v) is 10.3. The monoisotopic (exact) mass is 562 g/mol. The molecule has 212 valence electrons. The van der Waals surface area contributed by atoms with Crippen molar-refractivity contribution in [2.75, 3.05) is 5.75 Å². The number of ether oxygens (including phenoxy) is 1. The molecule has 0 fully saturated rings. The van der Waals surface area contributed by atoms with Crippen LogP contribution in [-0.2, 0) is 30.5 Å². The van der Waals surface area contributed by atoms with Gasteiger partial charge in [0.2, 0.25) is 5.91 Å². The van der Waals surface area contributed by atoms with E-state index in [2.05, 4.69) is 20.9 Å². The summed E-state index contributed by atoms with van der Waals surface area (Å²) in [5, 5.41) is 7.63. The number of hydrogen-bond donors (Lipinski definition) is 3. The van der Waals surface area contributed by atoms with Crippen molar-refractivity contribution in [2.45, 2.75) is 72.1 Å². The fourth-order valence-electron chi connectivity index (χ4n) is 3.47. The molecule has 0 spiro atoms. The van der Waals surface area contributed by atoms with Gasteiger partial charge in [-0.05, 0) is 43.9 Å². The van der Waals surface area contributed by atoms with Crippen molar-refractivity contribution in [1.29, 1.82) is 0 Å². The van der Waals surface area contributed by atoms with Crippen LogP contribution in [0.4, 0.5) is 4.39 Å². The first kappa shape index (κ1) is 31.7. The third-order valence-corrected chi connectivity index (χ3v) is 6.57. The molecule has 2 heterocycles. The van der Waals surface area contributed by atoms with E-state index in [0.29, 0.717) is 18.6 Å². The number of rotatable bonds is 7. The Morgan fingerprint density at radius 1 is 1.23 bits per heavy atom. The number of thioether (sulfide) groups is 1. The maximum Gasteiger partial charge on any atom is 0.329 e. The van der Waals surface area contributed by atoms with Gasteiger partial charge in [-0.25, -0.2) is 14.2 Å². The van der Waals surface area contributed by atoms with Gasteiger partial charge in [0.25, 0.3) is 11.8 Å². The SMILES string of the molecule is C/C=C1\NC(=O)c2ccc(F)c(n2)CNC(=O)CC(/C=C/CCSC(=O)CCC)OC(=O)[C@H](C(C)C)NC1=O. The minimum Gasteiger partial charge on any atom is -0.456 e. The summed E-state index contributed by atoms with van der Waals surface area (Å²) in [6.45, 7) is 6.58. The van der Waals surface area contributed by atoms with Crippen LogP contribution in [0.25, 0.3) is 0 Å². The molecule has 2 bridgehead atoms. The van der Waals surface area contributed by atoms with Crippen molar-refractivity contribution in [3.8, 4) is 0 Å². The van der Waals surface area contributed by atoms with Crippen LogP contribution in [0.1, 0.15) is 69.6 Å². The molecule has 1 unspecified atom stereocenters. The molecule has 2 rings (SSSR count). The summed E-state index contributed by atoms with van der Waals surface area (Å²) < 4.78 is 19.9. The Labute approximate surface area is 231 Å². The van der Waals surface area contributed by atoms with Gasteiger partial charge in [-0.3, -0.25) is 19.2 Å². The number of carbonyl (C=O) groups excluding carboxylic acids is 5. The van der Waals surface area contributed by atoms with Gasteiger partial charge in [-0.2, -0.15) is 0 Å². The van der Waals surface area contributed by atoms with Crippen LogP contribution in [0.2, 0.25) is 0 Å². The maximum absolute atomic E-state index is 14.3. The summed E-state index contributed by atoms with van der Waals surface area (Å²) in [5.74, 6) is -3.37. The van der Waals surface area contributed by atoms with Crippen LogP contribution in [0.15, 0.2) is 36.1 Å². The van der Waals surface area contributed by atoms with Crippen LogP contribution >= 0.6 is 11.8 Å². The van der Waals surface area contributed by atoms with E-state index in [1.54, 1.807) is 26.0 Å². The number of carbonyl (C=O) groups is 5. The van der Waals surface area contributed by atoms with Gasteiger partial charge in [-0.15, -0.1) is 0 Å². The van der Waals surface area contributed by atoms with Gasteiger partial charge in [0.05, 0.1) is 18.7 Å². The largest absolute Gasteiger partial charge is 0.456 e. The zero-order valence-corrected chi connectivity index (χ0v) is 23.4. The molecule has 0 aliphatic carbocycles. The smallest absolute Gasteiger partial charge is 0.329 e. The lowest BCUT2D eigenvalue weighted by Gasteiger charge is -2.24. The molecule has 1 aromatic rings. The predicted molar refractivity (Wildman–Crippen MR) is 145 cm³/mol. The fraction of sp³-hybridized carbons (Fsp3) is 0.481. The number of amides is 3. The molecule has 12 heteroatoms. The first-order chi connectivity index (χ1) is 18.5. The normalized spacial score (nSPS) is 20.5. The highest BCUT2D eigenvalue weighted by atomic mass is 32.2. The van der Waals surface area contributed by atoms with E-state index in [0.717, 1.165) is 18.6 Å². The summed E-state index contributed by atoms with van der Waals surface area (Å²) in [6, 6.07) is 1.13. The molecular formula is C27H35FN4O6S. The van der Waals surface area contributed by atoms with Crippen molar-refractivity contribution >= 4 is 40.6 Å². The Bertz CT molecular complexity index is 1140. The fourth-order valence-corrected chi connectivity index (χ4v) is 4.30. The highest BCUT2D eigenvalue weighted by Crippen LogP contribution is 2.14. The van der Waals surface area contributed by atoms with Gasteiger partial charge in [-0.1, -0.05) is 44.7 Å². The maximum atomic E-state index is 14.3.